The largest absolute Gasteiger partial charge is 0.468 e. The van der Waals surface area contributed by atoms with Gasteiger partial charge in [0.25, 0.3) is 0 Å². The first-order valence-electron chi connectivity index (χ1n) is 5.02. The van der Waals surface area contributed by atoms with Crippen LogP contribution in [0.15, 0.2) is 18.2 Å². The van der Waals surface area contributed by atoms with Gasteiger partial charge < -0.3 is 15.8 Å². The number of carbonyl (C=O) groups is 2. The number of hydrogen-bond donors (Lipinski definition) is 2. The first-order chi connectivity index (χ1) is 8.52. The maximum absolute atomic E-state index is 12.8. The summed E-state index contributed by atoms with van der Waals surface area (Å²) < 4.78 is 17.2. The Hall–Kier alpha value is -1.76. The summed E-state index contributed by atoms with van der Waals surface area (Å²) in [6.45, 7) is 0. The van der Waals surface area contributed by atoms with E-state index in [1.165, 1.54) is 19.2 Å². The SMILES string of the molecule is COC(=O)CSCC(=O)Nc1ccc(F)cc1N. The third-order valence-corrected chi connectivity index (χ3v) is 2.87. The number of thioether (sulfide) groups is 1. The molecule has 98 valence electrons. The Morgan fingerprint density at radius 3 is 2.78 bits per heavy atom. The highest BCUT2D eigenvalue weighted by atomic mass is 32.2. The molecule has 1 amide bonds. The number of ether oxygens (including phenoxy) is 1. The molecule has 0 aliphatic heterocycles. The van der Waals surface area contributed by atoms with Crippen molar-refractivity contribution in [3.05, 3.63) is 24.0 Å². The average molecular weight is 272 g/mol. The zero-order valence-corrected chi connectivity index (χ0v) is 10.6. The maximum atomic E-state index is 12.8. The van der Waals surface area contributed by atoms with Gasteiger partial charge in [0.2, 0.25) is 5.91 Å². The molecule has 1 rings (SSSR count). The summed E-state index contributed by atoms with van der Waals surface area (Å²) in [6, 6.07) is 3.71. The van der Waals surface area contributed by atoms with Gasteiger partial charge in [0.05, 0.1) is 30.0 Å². The minimum atomic E-state index is -0.467. The number of halogens is 1. The van der Waals surface area contributed by atoms with E-state index in [1.54, 1.807) is 0 Å². The lowest BCUT2D eigenvalue weighted by molar-refractivity contribution is -0.137. The molecule has 3 N–H and O–H groups in total. The molecule has 0 aliphatic carbocycles. The van der Waals surface area contributed by atoms with Crippen molar-refractivity contribution < 1.29 is 18.7 Å². The number of hydrogen-bond acceptors (Lipinski definition) is 5. The molecule has 0 heterocycles. The van der Waals surface area contributed by atoms with Gasteiger partial charge in [0.1, 0.15) is 5.82 Å². The number of methoxy groups -OCH3 is 1. The third-order valence-electron chi connectivity index (χ3n) is 1.97. The monoisotopic (exact) mass is 272 g/mol. The van der Waals surface area contributed by atoms with Gasteiger partial charge in [0, 0.05) is 0 Å². The number of rotatable bonds is 5. The lowest BCUT2D eigenvalue weighted by atomic mass is 10.2. The number of carbonyl (C=O) groups excluding carboxylic acids is 2. The number of nitrogens with one attached hydrogen (secondary N) is 1. The van der Waals surface area contributed by atoms with E-state index in [9.17, 15) is 14.0 Å². The highest BCUT2D eigenvalue weighted by molar-refractivity contribution is 8.00. The van der Waals surface area contributed by atoms with Gasteiger partial charge in [-0.25, -0.2) is 4.39 Å². The molecular formula is C11H13FN2O3S. The quantitative estimate of drug-likeness (QED) is 0.623. The minimum absolute atomic E-state index is 0.0892. The summed E-state index contributed by atoms with van der Waals surface area (Å²) in [5, 5.41) is 2.53. The van der Waals surface area contributed by atoms with Gasteiger partial charge in [0.15, 0.2) is 0 Å². The number of esters is 1. The smallest absolute Gasteiger partial charge is 0.315 e. The van der Waals surface area contributed by atoms with Gasteiger partial charge in [-0.05, 0) is 18.2 Å². The van der Waals surface area contributed by atoms with Crippen LogP contribution in [0.25, 0.3) is 0 Å². The van der Waals surface area contributed by atoms with E-state index >= 15 is 0 Å². The van der Waals surface area contributed by atoms with Gasteiger partial charge in [-0.1, -0.05) is 0 Å². The van der Waals surface area contributed by atoms with E-state index in [-0.39, 0.29) is 23.1 Å². The highest BCUT2D eigenvalue weighted by Gasteiger charge is 2.08. The molecule has 5 nitrogen and oxygen atoms in total. The van der Waals surface area contributed by atoms with E-state index in [1.807, 2.05) is 0 Å². The summed E-state index contributed by atoms with van der Waals surface area (Å²) >= 11 is 1.12. The Morgan fingerprint density at radius 2 is 2.17 bits per heavy atom. The minimum Gasteiger partial charge on any atom is -0.468 e. The summed E-state index contributed by atoms with van der Waals surface area (Å²) in [6.07, 6.45) is 0. The number of nitrogen functional groups attached to an aromatic ring is 1. The molecule has 1 aromatic carbocycles. The first-order valence-corrected chi connectivity index (χ1v) is 6.18. The number of benzene rings is 1. The van der Waals surface area contributed by atoms with E-state index in [2.05, 4.69) is 10.1 Å². The highest BCUT2D eigenvalue weighted by Crippen LogP contribution is 2.19. The summed E-state index contributed by atoms with van der Waals surface area (Å²) in [4.78, 5) is 22.3. The molecule has 0 aliphatic rings. The first kappa shape index (κ1) is 14.3. The van der Waals surface area contributed by atoms with Crippen LogP contribution in [0.3, 0.4) is 0 Å². The molecule has 0 unspecified atom stereocenters. The number of amides is 1. The fourth-order valence-corrected chi connectivity index (χ4v) is 1.76. The van der Waals surface area contributed by atoms with Crippen LogP contribution >= 0.6 is 11.8 Å². The van der Waals surface area contributed by atoms with Gasteiger partial charge in [-0.2, -0.15) is 0 Å². The molecule has 0 saturated carbocycles. The molecule has 0 saturated heterocycles. The zero-order valence-electron chi connectivity index (χ0n) is 9.73. The molecule has 0 atom stereocenters. The third kappa shape index (κ3) is 4.62. The van der Waals surface area contributed by atoms with Crippen LogP contribution < -0.4 is 11.1 Å². The standard InChI is InChI=1S/C11H13FN2O3S/c1-17-11(16)6-18-5-10(15)14-9-3-2-7(12)4-8(9)13/h2-4H,5-6,13H2,1H3,(H,14,15). The molecule has 0 spiro atoms. The van der Waals surface area contributed by atoms with Crippen LogP contribution in [0.5, 0.6) is 0 Å². The second-order valence-electron chi connectivity index (χ2n) is 3.35. The topological polar surface area (TPSA) is 81.4 Å². The summed E-state index contributed by atoms with van der Waals surface area (Å²) in [5.41, 5.74) is 6.03. The molecule has 0 radical (unpaired) electrons. The Balaban J connectivity index is 2.42. The van der Waals surface area contributed by atoms with Gasteiger partial charge in [-0.3, -0.25) is 9.59 Å². The lowest BCUT2D eigenvalue weighted by Gasteiger charge is -2.07. The van der Waals surface area contributed by atoms with E-state index in [0.29, 0.717) is 5.69 Å². The van der Waals surface area contributed by atoms with Crippen molar-refractivity contribution in [1.82, 2.24) is 0 Å². The molecule has 0 bridgehead atoms. The van der Waals surface area contributed by atoms with Crippen molar-refractivity contribution in [3.8, 4) is 0 Å². The summed E-state index contributed by atoms with van der Waals surface area (Å²) in [5.74, 6) is -0.990. The van der Waals surface area contributed by atoms with Crippen LogP contribution in [0.4, 0.5) is 15.8 Å². The van der Waals surface area contributed by atoms with Crippen LogP contribution in [0, 0.1) is 5.82 Å². The Labute approximate surface area is 108 Å². The fourth-order valence-electron chi connectivity index (χ4n) is 1.12. The predicted octanol–water partition coefficient (Wildman–Crippen LogP) is 1.25. The lowest BCUT2D eigenvalue weighted by Crippen LogP contribution is -2.16. The van der Waals surface area contributed by atoms with Crippen LogP contribution in [-0.2, 0) is 14.3 Å². The number of anilines is 2. The zero-order chi connectivity index (χ0) is 13.5. The molecule has 1 aromatic rings. The van der Waals surface area contributed by atoms with Crippen molar-refractivity contribution in [1.29, 1.82) is 0 Å². The second kappa shape index (κ2) is 6.85. The predicted molar refractivity (Wildman–Crippen MR) is 68.8 cm³/mol. The molecule has 0 fully saturated rings. The Morgan fingerprint density at radius 1 is 1.44 bits per heavy atom. The second-order valence-corrected chi connectivity index (χ2v) is 4.33. The number of nitrogens with two attached hydrogens (primary N) is 1. The fraction of sp³-hybridized carbons (Fsp3) is 0.273. The van der Waals surface area contributed by atoms with E-state index in [4.69, 9.17) is 5.73 Å². The van der Waals surface area contributed by atoms with Gasteiger partial charge in [-0.15, -0.1) is 11.8 Å². The van der Waals surface area contributed by atoms with Gasteiger partial charge >= 0.3 is 5.97 Å². The van der Waals surface area contributed by atoms with Crippen molar-refractivity contribution in [2.75, 3.05) is 29.7 Å². The molecular weight excluding hydrogens is 259 g/mol. The van der Waals surface area contributed by atoms with Crippen molar-refractivity contribution in [2.45, 2.75) is 0 Å². The average Bonchev–Trinajstić information content (AvgIpc) is 2.32. The maximum Gasteiger partial charge on any atom is 0.315 e. The molecule has 7 heteroatoms. The Bertz CT molecular complexity index is 454. The molecule has 18 heavy (non-hydrogen) atoms. The van der Waals surface area contributed by atoms with Crippen LogP contribution in [-0.4, -0.2) is 30.5 Å². The molecule has 0 aromatic heterocycles. The van der Waals surface area contributed by atoms with Crippen LogP contribution in [0.2, 0.25) is 0 Å². The normalized spacial score (nSPS) is 9.89. The van der Waals surface area contributed by atoms with Crippen molar-refractivity contribution >= 4 is 35.0 Å². The van der Waals surface area contributed by atoms with Crippen LogP contribution in [0.1, 0.15) is 0 Å². The van der Waals surface area contributed by atoms with E-state index in [0.717, 1.165) is 17.8 Å². The Kier molecular flexibility index (Phi) is 5.44. The van der Waals surface area contributed by atoms with E-state index < -0.39 is 11.8 Å². The summed E-state index contributed by atoms with van der Waals surface area (Å²) in [7, 11) is 1.28. The van der Waals surface area contributed by atoms with Crippen molar-refractivity contribution in [2.24, 2.45) is 0 Å². The van der Waals surface area contributed by atoms with Crippen molar-refractivity contribution in [3.63, 3.8) is 0 Å².